The van der Waals surface area contributed by atoms with Crippen LogP contribution in [0.5, 0.6) is 0 Å². The Kier molecular flexibility index (Phi) is 4.01. The number of furan rings is 1. The minimum Gasteiger partial charge on any atom is -0.464 e. The second-order valence-corrected chi connectivity index (χ2v) is 6.27. The highest BCUT2D eigenvalue weighted by atomic mass is 32.2. The maximum Gasteiger partial charge on any atom is 0.233 e. The molecule has 2 heterocycles. The van der Waals surface area contributed by atoms with E-state index >= 15 is 0 Å². The van der Waals surface area contributed by atoms with Crippen LogP contribution in [0.15, 0.2) is 21.7 Å². The summed E-state index contributed by atoms with van der Waals surface area (Å²) in [5.41, 5.74) is 0. The SMILES string of the molecule is Cc1ccc(CN(C)C(=O)CSc2n[nH]c(C3CC3)n2)o1. The van der Waals surface area contributed by atoms with Crippen molar-refractivity contribution in [1.29, 1.82) is 0 Å². The first kappa shape index (κ1) is 14.2. The van der Waals surface area contributed by atoms with Crippen molar-refractivity contribution < 1.29 is 9.21 Å². The van der Waals surface area contributed by atoms with Gasteiger partial charge in [-0.3, -0.25) is 9.89 Å². The number of nitrogens with zero attached hydrogens (tertiary/aromatic N) is 3. The minimum absolute atomic E-state index is 0.0341. The molecule has 0 aromatic carbocycles. The van der Waals surface area contributed by atoms with Gasteiger partial charge in [-0.1, -0.05) is 11.8 Å². The maximum atomic E-state index is 12.1. The smallest absolute Gasteiger partial charge is 0.233 e. The van der Waals surface area contributed by atoms with Gasteiger partial charge >= 0.3 is 0 Å². The number of aryl methyl sites for hydroxylation is 1. The van der Waals surface area contributed by atoms with Gasteiger partial charge < -0.3 is 9.32 Å². The number of thioether (sulfide) groups is 1. The number of carbonyl (C=O) groups excluding carboxylic acids is 1. The molecular formula is C14H18N4O2S. The molecule has 21 heavy (non-hydrogen) atoms. The molecule has 1 aliphatic carbocycles. The highest BCUT2D eigenvalue weighted by molar-refractivity contribution is 7.99. The second-order valence-electron chi connectivity index (χ2n) is 5.33. The van der Waals surface area contributed by atoms with Crippen LogP contribution in [0.1, 0.15) is 36.1 Å². The second kappa shape index (κ2) is 5.93. The van der Waals surface area contributed by atoms with Gasteiger partial charge in [-0.05, 0) is 31.9 Å². The Labute approximate surface area is 127 Å². The molecule has 2 aromatic rings. The Morgan fingerprint density at radius 2 is 2.33 bits per heavy atom. The molecule has 6 nitrogen and oxygen atoms in total. The number of H-pyrrole nitrogens is 1. The monoisotopic (exact) mass is 306 g/mol. The van der Waals surface area contributed by atoms with Crippen molar-refractivity contribution in [3.05, 3.63) is 29.5 Å². The molecule has 112 valence electrons. The lowest BCUT2D eigenvalue weighted by atomic mass is 10.4. The highest BCUT2D eigenvalue weighted by Crippen LogP contribution is 2.38. The van der Waals surface area contributed by atoms with Gasteiger partial charge in [-0.25, -0.2) is 4.98 Å². The van der Waals surface area contributed by atoms with Gasteiger partial charge in [0.15, 0.2) is 0 Å². The highest BCUT2D eigenvalue weighted by Gasteiger charge is 2.27. The Morgan fingerprint density at radius 1 is 1.52 bits per heavy atom. The molecule has 0 radical (unpaired) electrons. The quantitative estimate of drug-likeness (QED) is 0.829. The summed E-state index contributed by atoms with van der Waals surface area (Å²) in [6.07, 6.45) is 2.37. The van der Waals surface area contributed by atoms with E-state index in [-0.39, 0.29) is 5.91 Å². The third-order valence-corrected chi connectivity index (χ3v) is 4.22. The Morgan fingerprint density at radius 3 is 3.00 bits per heavy atom. The molecule has 7 heteroatoms. The summed E-state index contributed by atoms with van der Waals surface area (Å²) >= 11 is 1.36. The molecule has 0 atom stereocenters. The van der Waals surface area contributed by atoms with Gasteiger partial charge in [0.2, 0.25) is 11.1 Å². The molecule has 1 fully saturated rings. The summed E-state index contributed by atoms with van der Waals surface area (Å²) in [5, 5.41) is 7.72. The lowest BCUT2D eigenvalue weighted by molar-refractivity contribution is -0.127. The van der Waals surface area contributed by atoms with Crippen LogP contribution in [0, 0.1) is 6.92 Å². The lowest BCUT2D eigenvalue weighted by Gasteiger charge is -2.14. The molecule has 0 bridgehead atoms. The number of amides is 1. The number of hydrogen-bond acceptors (Lipinski definition) is 5. The van der Waals surface area contributed by atoms with Gasteiger partial charge in [0.1, 0.15) is 17.3 Å². The number of rotatable bonds is 6. The number of aromatic nitrogens is 3. The van der Waals surface area contributed by atoms with Gasteiger partial charge in [0.25, 0.3) is 0 Å². The Hall–Kier alpha value is -1.76. The predicted octanol–water partition coefficient (Wildman–Crippen LogP) is 2.33. The maximum absolute atomic E-state index is 12.1. The summed E-state index contributed by atoms with van der Waals surface area (Å²) in [4.78, 5) is 18.1. The molecule has 2 aromatic heterocycles. The van der Waals surface area contributed by atoms with Crippen molar-refractivity contribution in [2.45, 2.75) is 37.4 Å². The molecule has 1 aliphatic rings. The fraction of sp³-hybridized carbons (Fsp3) is 0.500. The van der Waals surface area contributed by atoms with Crippen LogP contribution in [-0.2, 0) is 11.3 Å². The summed E-state index contributed by atoms with van der Waals surface area (Å²) < 4.78 is 5.47. The average Bonchev–Trinajstić information content (AvgIpc) is 3.07. The van der Waals surface area contributed by atoms with Crippen LogP contribution >= 0.6 is 11.8 Å². The van der Waals surface area contributed by atoms with Crippen LogP contribution in [0.3, 0.4) is 0 Å². The van der Waals surface area contributed by atoms with E-state index in [1.165, 1.54) is 24.6 Å². The molecule has 0 unspecified atom stereocenters. The topological polar surface area (TPSA) is 75.0 Å². The fourth-order valence-corrected chi connectivity index (χ4v) is 2.74. The summed E-state index contributed by atoms with van der Waals surface area (Å²) in [7, 11) is 1.77. The van der Waals surface area contributed by atoms with Gasteiger partial charge in [0.05, 0.1) is 12.3 Å². The molecule has 0 aliphatic heterocycles. The largest absolute Gasteiger partial charge is 0.464 e. The zero-order valence-corrected chi connectivity index (χ0v) is 12.9. The number of hydrogen-bond donors (Lipinski definition) is 1. The standard InChI is InChI=1S/C14H18N4O2S/c1-9-3-6-11(20-9)7-18(2)12(19)8-21-14-15-13(16-17-14)10-4-5-10/h3,6,10H,4-5,7-8H2,1-2H3,(H,15,16,17). The number of carbonyl (C=O) groups is 1. The normalized spacial score (nSPS) is 14.4. The van der Waals surface area contributed by atoms with E-state index in [0.29, 0.717) is 23.4 Å². The molecule has 3 rings (SSSR count). The zero-order valence-electron chi connectivity index (χ0n) is 12.1. The third-order valence-electron chi connectivity index (χ3n) is 3.39. The van der Waals surface area contributed by atoms with Crippen molar-refractivity contribution in [3.8, 4) is 0 Å². The lowest BCUT2D eigenvalue weighted by Crippen LogP contribution is -2.27. The van der Waals surface area contributed by atoms with Gasteiger partial charge in [-0.2, -0.15) is 0 Å². The first-order valence-corrected chi connectivity index (χ1v) is 7.95. The summed E-state index contributed by atoms with van der Waals surface area (Å²) in [6, 6.07) is 3.79. The molecular weight excluding hydrogens is 288 g/mol. The van der Waals surface area contributed by atoms with E-state index in [9.17, 15) is 4.79 Å². The molecule has 0 saturated heterocycles. The van der Waals surface area contributed by atoms with Crippen LogP contribution in [-0.4, -0.2) is 38.8 Å². The summed E-state index contributed by atoms with van der Waals surface area (Å²) in [5.74, 6) is 3.51. The van der Waals surface area contributed by atoms with Crippen LogP contribution < -0.4 is 0 Å². The molecule has 1 saturated carbocycles. The van der Waals surface area contributed by atoms with Crippen LogP contribution in [0.2, 0.25) is 0 Å². The third kappa shape index (κ3) is 3.66. The van der Waals surface area contributed by atoms with Crippen molar-refractivity contribution in [1.82, 2.24) is 20.1 Å². The van der Waals surface area contributed by atoms with E-state index < -0.39 is 0 Å². The van der Waals surface area contributed by atoms with Crippen LogP contribution in [0.4, 0.5) is 0 Å². The van der Waals surface area contributed by atoms with Crippen molar-refractivity contribution in [2.24, 2.45) is 0 Å². The van der Waals surface area contributed by atoms with E-state index in [0.717, 1.165) is 17.3 Å². The molecule has 1 amide bonds. The van der Waals surface area contributed by atoms with E-state index in [4.69, 9.17) is 4.42 Å². The first-order valence-electron chi connectivity index (χ1n) is 6.96. The van der Waals surface area contributed by atoms with E-state index in [1.807, 2.05) is 19.1 Å². The number of aromatic amines is 1. The van der Waals surface area contributed by atoms with Crippen molar-refractivity contribution in [2.75, 3.05) is 12.8 Å². The molecule has 1 N–H and O–H groups in total. The zero-order chi connectivity index (χ0) is 14.8. The van der Waals surface area contributed by atoms with E-state index in [1.54, 1.807) is 11.9 Å². The van der Waals surface area contributed by atoms with Crippen LogP contribution in [0.25, 0.3) is 0 Å². The first-order chi connectivity index (χ1) is 10.1. The summed E-state index contributed by atoms with van der Waals surface area (Å²) in [6.45, 7) is 2.37. The van der Waals surface area contributed by atoms with Gasteiger partial charge in [-0.15, -0.1) is 5.10 Å². The fourth-order valence-electron chi connectivity index (χ4n) is 1.99. The average molecular weight is 306 g/mol. The van der Waals surface area contributed by atoms with Crippen molar-refractivity contribution >= 4 is 17.7 Å². The molecule has 0 spiro atoms. The van der Waals surface area contributed by atoms with Gasteiger partial charge in [0, 0.05) is 13.0 Å². The number of nitrogens with one attached hydrogen (secondary N) is 1. The minimum atomic E-state index is 0.0341. The van der Waals surface area contributed by atoms with Crippen molar-refractivity contribution in [3.63, 3.8) is 0 Å². The Balaban J connectivity index is 1.48. The predicted molar refractivity (Wildman–Crippen MR) is 79.0 cm³/mol. The Bertz CT molecular complexity index is 632. The van der Waals surface area contributed by atoms with E-state index in [2.05, 4.69) is 15.2 Å².